The van der Waals surface area contributed by atoms with Crippen LogP contribution in [0.15, 0.2) is 18.2 Å². The second-order valence-corrected chi connectivity index (χ2v) is 5.37. The molecule has 1 atom stereocenters. The lowest BCUT2D eigenvalue weighted by molar-refractivity contribution is 0.171. The molecule has 7 nitrogen and oxygen atoms in total. The number of nitrogens with one attached hydrogen (secondary N) is 1. The lowest BCUT2D eigenvalue weighted by Crippen LogP contribution is -2.27. The van der Waals surface area contributed by atoms with Gasteiger partial charge in [0.05, 0.1) is 6.10 Å². The quantitative estimate of drug-likeness (QED) is 0.567. The van der Waals surface area contributed by atoms with Crippen molar-refractivity contribution in [1.29, 1.82) is 0 Å². The second-order valence-electron chi connectivity index (χ2n) is 4.35. The minimum atomic E-state index is -4.67. The monoisotopic (exact) mass is 291 g/mol. The highest BCUT2D eigenvalue weighted by Crippen LogP contribution is 2.26. The van der Waals surface area contributed by atoms with Crippen molar-refractivity contribution < 1.29 is 27.4 Å². The van der Waals surface area contributed by atoms with Crippen molar-refractivity contribution in [3.05, 3.63) is 23.8 Å². The molecular weight excluding hydrogens is 274 g/mol. The Morgan fingerprint density at radius 3 is 2.47 bits per heavy atom. The summed E-state index contributed by atoms with van der Waals surface area (Å²) in [4.78, 5) is 0. The zero-order valence-corrected chi connectivity index (χ0v) is 11.4. The molecule has 1 aromatic rings. The number of hydrogen-bond donors (Lipinski definition) is 4. The summed E-state index contributed by atoms with van der Waals surface area (Å²) < 4.78 is 34.0. The van der Waals surface area contributed by atoms with Crippen LogP contribution in [0.25, 0.3) is 0 Å². The summed E-state index contributed by atoms with van der Waals surface area (Å²) in [5, 5.41) is 22.3. The van der Waals surface area contributed by atoms with Crippen molar-refractivity contribution >= 4 is 10.4 Å². The van der Waals surface area contributed by atoms with Crippen LogP contribution in [0.2, 0.25) is 0 Å². The van der Waals surface area contributed by atoms with Gasteiger partial charge in [-0.3, -0.25) is 4.55 Å². The molecule has 0 amide bonds. The van der Waals surface area contributed by atoms with E-state index in [4.69, 9.17) is 4.55 Å². The first-order chi connectivity index (χ1) is 8.67. The maximum atomic E-state index is 10.6. The zero-order chi connectivity index (χ0) is 14.6. The van der Waals surface area contributed by atoms with Gasteiger partial charge in [0.25, 0.3) is 0 Å². The van der Waals surface area contributed by atoms with Crippen molar-refractivity contribution in [2.24, 2.45) is 0 Å². The number of aliphatic hydroxyl groups excluding tert-OH is 1. The van der Waals surface area contributed by atoms with Crippen LogP contribution in [0, 0.1) is 0 Å². The normalized spacial score (nSPS) is 13.5. The maximum Gasteiger partial charge on any atom is 0.446 e. The molecule has 1 rings (SSSR count). The van der Waals surface area contributed by atoms with E-state index in [2.05, 4.69) is 9.50 Å². The molecule has 0 aliphatic heterocycles. The number of hydrogen-bond acceptors (Lipinski definition) is 6. The highest BCUT2D eigenvalue weighted by Gasteiger charge is 2.14. The Morgan fingerprint density at radius 2 is 1.95 bits per heavy atom. The van der Waals surface area contributed by atoms with Crippen molar-refractivity contribution in [3.63, 3.8) is 0 Å². The van der Waals surface area contributed by atoms with Gasteiger partial charge in [0.15, 0.2) is 0 Å². The van der Waals surface area contributed by atoms with Crippen LogP contribution in [0.1, 0.15) is 25.5 Å². The number of benzene rings is 1. The summed E-state index contributed by atoms with van der Waals surface area (Å²) in [6.45, 7) is 4.04. The Bertz CT molecular complexity index is 528. The van der Waals surface area contributed by atoms with Gasteiger partial charge in [-0.2, -0.15) is 8.42 Å². The van der Waals surface area contributed by atoms with Gasteiger partial charge in [-0.15, -0.1) is 0 Å². The second kappa shape index (κ2) is 6.20. The molecule has 0 fully saturated rings. The SMILES string of the molecule is CC(C)NCC(O)c1cc(O)cc(OS(=O)(=O)O)c1. The lowest BCUT2D eigenvalue weighted by Gasteiger charge is -2.15. The Labute approximate surface area is 111 Å². The molecule has 4 N–H and O–H groups in total. The van der Waals surface area contributed by atoms with Crippen molar-refractivity contribution in [2.45, 2.75) is 26.0 Å². The number of phenolic OH excluding ortho intramolecular Hbond substituents is 1. The van der Waals surface area contributed by atoms with Gasteiger partial charge >= 0.3 is 10.4 Å². The van der Waals surface area contributed by atoms with Crippen LogP contribution >= 0.6 is 0 Å². The number of rotatable bonds is 6. The molecule has 108 valence electrons. The summed E-state index contributed by atoms with van der Waals surface area (Å²) in [5.41, 5.74) is 0.270. The standard InChI is InChI=1S/C11H17NO6S/c1-7(2)12-6-11(14)8-3-9(13)5-10(4-8)18-19(15,16)17/h3-5,7,11-14H,6H2,1-2H3,(H,15,16,17). The molecule has 0 saturated heterocycles. The van der Waals surface area contributed by atoms with Gasteiger partial charge in [-0.25, -0.2) is 0 Å². The van der Waals surface area contributed by atoms with Crippen molar-refractivity contribution in [2.75, 3.05) is 6.54 Å². The van der Waals surface area contributed by atoms with E-state index in [0.717, 1.165) is 6.07 Å². The molecule has 0 aliphatic carbocycles. The molecular formula is C11H17NO6S. The topological polar surface area (TPSA) is 116 Å². The first-order valence-corrected chi connectivity index (χ1v) is 6.96. The molecule has 0 spiro atoms. The van der Waals surface area contributed by atoms with E-state index in [0.29, 0.717) is 0 Å². The molecule has 0 aliphatic rings. The van der Waals surface area contributed by atoms with Gasteiger partial charge in [-0.1, -0.05) is 13.8 Å². The van der Waals surface area contributed by atoms with Crippen molar-refractivity contribution in [3.8, 4) is 11.5 Å². The van der Waals surface area contributed by atoms with Gasteiger partial charge < -0.3 is 19.7 Å². The zero-order valence-electron chi connectivity index (χ0n) is 10.6. The average Bonchev–Trinajstić information content (AvgIpc) is 2.22. The van der Waals surface area contributed by atoms with E-state index < -0.39 is 16.5 Å². The largest absolute Gasteiger partial charge is 0.508 e. The van der Waals surface area contributed by atoms with Gasteiger partial charge in [0.2, 0.25) is 0 Å². The van der Waals surface area contributed by atoms with Gasteiger partial charge in [-0.05, 0) is 17.7 Å². The van der Waals surface area contributed by atoms with Crippen LogP contribution in [-0.4, -0.2) is 35.8 Å². The average molecular weight is 291 g/mol. The summed E-state index contributed by atoms with van der Waals surface area (Å²) in [7, 11) is -4.67. The minimum Gasteiger partial charge on any atom is -0.508 e. The van der Waals surface area contributed by atoms with Crippen LogP contribution < -0.4 is 9.50 Å². The maximum absolute atomic E-state index is 10.6. The lowest BCUT2D eigenvalue weighted by atomic mass is 10.1. The molecule has 0 bridgehead atoms. The van der Waals surface area contributed by atoms with Crippen LogP contribution in [-0.2, 0) is 10.4 Å². The predicted molar refractivity (Wildman–Crippen MR) is 68.4 cm³/mol. The van der Waals surface area contributed by atoms with E-state index >= 15 is 0 Å². The Hall–Kier alpha value is -1.35. The molecule has 8 heteroatoms. The molecule has 0 saturated carbocycles. The number of phenols is 1. The number of aromatic hydroxyl groups is 1. The van der Waals surface area contributed by atoms with E-state index in [1.807, 2.05) is 13.8 Å². The highest BCUT2D eigenvalue weighted by molar-refractivity contribution is 7.81. The summed E-state index contributed by atoms with van der Waals surface area (Å²) in [6.07, 6.45) is -0.946. The Morgan fingerprint density at radius 1 is 1.32 bits per heavy atom. The summed E-state index contributed by atoms with van der Waals surface area (Å²) >= 11 is 0. The fourth-order valence-electron chi connectivity index (χ4n) is 1.43. The fourth-order valence-corrected chi connectivity index (χ4v) is 1.77. The van der Waals surface area contributed by atoms with E-state index in [9.17, 15) is 18.6 Å². The van der Waals surface area contributed by atoms with Crippen molar-refractivity contribution in [1.82, 2.24) is 5.32 Å². The molecule has 0 aromatic heterocycles. The summed E-state index contributed by atoms with van der Waals surface area (Å²) in [5.74, 6) is -0.555. The Kier molecular flexibility index (Phi) is 5.12. The first-order valence-electron chi connectivity index (χ1n) is 5.59. The molecule has 1 aromatic carbocycles. The third-order valence-corrected chi connectivity index (χ3v) is 2.62. The Balaban J connectivity index is 2.90. The highest BCUT2D eigenvalue weighted by atomic mass is 32.3. The van der Waals surface area contributed by atoms with Gasteiger partial charge in [0, 0.05) is 18.7 Å². The first kappa shape index (κ1) is 15.7. The fraction of sp³-hybridized carbons (Fsp3) is 0.455. The van der Waals surface area contributed by atoms with Crippen LogP contribution in [0.3, 0.4) is 0 Å². The summed E-state index contributed by atoms with van der Waals surface area (Å²) in [6, 6.07) is 3.68. The van der Waals surface area contributed by atoms with Gasteiger partial charge in [0.1, 0.15) is 11.5 Å². The third-order valence-electron chi connectivity index (χ3n) is 2.22. The number of aliphatic hydroxyl groups is 1. The molecule has 0 heterocycles. The molecule has 1 unspecified atom stereocenters. The predicted octanol–water partition coefficient (Wildman–Crippen LogP) is 0.605. The van der Waals surface area contributed by atoms with E-state index in [1.165, 1.54) is 12.1 Å². The molecule has 0 radical (unpaired) electrons. The van der Waals surface area contributed by atoms with Crippen LogP contribution in [0.5, 0.6) is 11.5 Å². The van der Waals surface area contributed by atoms with E-state index in [-0.39, 0.29) is 29.6 Å². The van der Waals surface area contributed by atoms with E-state index in [1.54, 1.807) is 0 Å². The minimum absolute atomic E-state index is 0.167. The smallest absolute Gasteiger partial charge is 0.446 e. The van der Waals surface area contributed by atoms with Crippen LogP contribution in [0.4, 0.5) is 0 Å². The third kappa shape index (κ3) is 5.88. The molecule has 19 heavy (non-hydrogen) atoms.